The molecule has 1 unspecified atom stereocenters. The Morgan fingerprint density at radius 2 is 1.86 bits per heavy atom. The van der Waals surface area contributed by atoms with Gasteiger partial charge in [-0.2, -0.15) is 0 Å². The SMILES string of the molecule is COc1ccc(CC(CN)Cc2cccc(F)c2)cc1Br. The maximum atomic E-state index is 13.2. The molecule has 0 saturated carbocycles. The van der Waals surface area contributed by atoms with Crippen molar-refractivity contribution < 1.29 is 9.13 Å². The topological polar surface area (TPSA) is 35.2 Å². The predicted molar refractivity (Wildman–Crippen MR) is 87.0 cm³/mol. The molecule has 0 amide bonds. The van der Waals surface area contributed by atoms with Crippen molar-refractivity contribution in [2.75, 3.05) is 13.7 Å². The third-order valence-corrected chi connectivity index (χ3v) is 4.11. The number of rotatable bonds is 6. The molecule has 0 saturated heterocycles. The molecule has 0 bridgehead atoms. The fourth-order valence-electron chi connectivity index (χ4n) is 2.41. The first kappa shape index (κ1) is 16.0. The van der Waals surface area contributed by atoms with Gasteiger partial charge in [-0.25, -0.2) is 4.39 Å². The molecule has 2 N–H and O–H groups in total. The van der Waals surface area contributed by atoms with Gasteiger partial charge in [0.15, 0.2) is 0 Å². The summed E-state index contributed by atoms with van der Waals surface area (Å²) >= 11 is 3.49. The Balaban J connectivity index is 2.07. The summed E-state index contributed by atoms with van der Waals surface area (Å²) in [6.45, 7) is 0.570. The highest BCUT2D eigenvalue weighted by Crippen LogP contribution is 2.27. The number of hydrogen-bond donors (Lipinski definition) is 1. The molecule has 0 aliphatic carbocycles. The van der Waals surface area contributed by atoms with Crippen LogP contribution in [0.5, 0.6) is 5.75 Å². The van der Waals surface area contributed by atoms with E-state index in [1.807, 2.05) is 24.3 Å². The van der Waals surface area contributed by atoms with Crippen LogP contribution >= 0.6 is 15.9 Å². The molecule has 2 nitrogen and oxygen atoms in total. The van der Waals surface area contributed by atoms with Gasteiger partial charge < -0.3 is 10.5 Å². The second-order valence-electron chi connectivity index (χ2n) is 5.11. The normalized spacial score (nSPS) is 12.2. The average molecular weight is 352 g/mol. The molecule has 0 fully saturated rings. The lowest BCUT2D eigenvalue weighted by atomic mass is 9.92. The van der Waals surface area contributed by atoms with Gasteiger partial charge in [0.2, 0.25) is 0 Å². The molecule has 21 heavy (non-hydrogen) atoms. The van der Waals surface area contributed by atoms with E-state index < -0.39 is 0 Å². The lowest BCUT2D eigenvalue weighted by Crippen LogP contribution is -2.19. The summed E-state index contributed by atoms with van der Waals surface area (Å²) in [5.41, 5.74) is 8.04. The summed E-state index contributed by atoms with van der Waals surface area (Å²) in [7, 11) is 1.65. The van der Waals surface area contributed by atoms with E-state index in [0.29, 0.717) is 6.54 Å². The predicted octanol–water partition coefficient (Wildman–Crippen LogP) is 3.96. The Morgan fingerprint density at radius 1 is 1.14 bits per heavy atom. The van der Waals surface area contributed by atoms with Gasteiger partial charge in [-0.05, 0) is 76.6 Å². The van der Waals surface area contributed by atoms with E-state index in [2.05, 4.69) is 15.9 Å². The fourth-order valence-corrected chi connectivity index (χ4v) is 2.99. The van der Waals surface area contributed by atoms with Gasteiger partial charge in [0, 0.05) is 0 Å². The number of benzene rings is 2. The van der Waals surface area contributed by atoms with Gasteiger partial charge in [0.1, 0.15) is 11.6 Å². The standard InChI is InChI=1S/C17H19BrFNO/c1-21-17-6-5-13(10-16(17)18)8-14(11-20)7-12-3-2-4-15(19)9-12/h2-6,9-10,14H,7-8,11,20H2,1H3. The van der Waals surface area contributed by atoms with Crippen LogP contribution in [0.1, 0.15) is 11.1 Å². The molecule has 0 aliphatic rings. The molecule has 2 rings (SSSR count). The quantitative estimate of drug-likeness (QED) is 0.854. The highest BCUT2D eigenvalue weighted by molar-refractivity contribution is 9.10. The Hall–Kier alpha value is -1.39. The number of nitrogens with two attached hydrogens (primary N) is 1. The van der Waals surface area contributed by atoms with Crippen molar-refractivity contribution in [2.24, 2.45) is 11.7 Å². The largest absolute Gasteiger partial charge is 0.496 e. The molecular formula is C17H19BrFNO. The minimum Gasteiger partial charge on any atom is -0.496 e. The van der Waals surface area contributed by atoms with Crippen LogP contribution in [-0.4, -0.2) is 13.7 Å². The van der Waals surface area contributed by atoms with E-state index in [1.54, 1.807) is 19.2 Å². The zero-order valence-electron chi connectivity index (χ0n) is 12.0. The molecule has 0 aromatic heterocycles. The number of ether oxygens (including phenoxy) is 1. The van der Waals surface area contributed by atoms with Crippen molar-refractivity contribution >= 4 is 15.9 Å². The fraction of sp³-hybridized carbons (Fsp3) is 0.294. The van der Waals surface area contributed by atoms with Gasteiger partial charge in [-0.3, -0.25) is 0 Å². The minimum absolute atomic E-state index is 0.199. The Kier molecular flexibility index (Phi) is 5.76. The zero-order valence-corrected chi connectivity index (χ0v) is 13.6. The first-order chi connectivity index (χ1) is 10.1. The summed E-state index contributed by atoms with van der Waals surface area (Å²) in [4.78, 5) is 0. The second-order valence-corrected chi connectivity index (χ2v) is 5.96. The van der Waals surface area contributed by atoms with Crippen molar-refractivity contribution in [3.63, 3.8) is 0 Å². The molecule has 2 aromatic carbocycles. The minimum atomic E-state index is -0.199. The molecule has 0 spiro atoms. The van der Waals surface area contributed by atoms with Crippen LogP contribution < -0.4 is 10.5 Å². The van der Waals surface area contributed by atoms with E-state index in [4.69, 9.17) is 10.5 Å². The maximum absolute atomic E-state index is 13.2. The first-order valence-electron chi connectivity index (χ1n) is 6.89. The van der Waals surface area contributed by atoms with Crippen LogP contribution in [0, 0.1) is 11.7 Å². The molecule has 0 aliphatic heterocycles. The van der Waals surface area contributed by atoms with E-state index in [0.717, 1.165) is 28.6 Å². The van der Waals surface area contributed by atoms with Crippen molar-refractivity contribution in [3.8, 4) is 5.75 Å². The summed E-state index contributed by atoms with van der Waals surface area (Å²) in [6.07, 6.45) is 1.63. The number of methoxy groups -OCH3 is 1. The Bertz CT molecular complexity index is 603. The van der Waals surface area contributed by atoms with E-state index in [1.165, 1.54) is 11.6 Å². The monoisotopic (exact) mass is 351 g/mol. The lowest BCUT2D eigenvalue weighted by Gasteiger charge is -2.16. The summed E-state index contributed by atoms with van der Waals surface area (Å²) in [6, 6.07) is 12.7. The van der Waals surface area contributed by atoms with Gasteiger partial charge in [-0.1, -0.05) is 18.2 Å². The molecule has 0 radical (unpaired) electrons. The highest BCUT2D eigenvalue weighted by Gasteiger charge is 2.11. The maximum Gasteiger partial charge on any atom is 0.133 e. The lowest BCUT2D eigenvalue weighted by molar-refractivity contribution is 0.411. The Labute approximate surface area is 133 Å². The van der Waals surface area contributed by atoms with Gasteiger partial charge in [0.25, 0.3) is 0 Å². The molecule has 4 heteroatoms. The summed E-state index contributed by atoms with van der Waals surface area (Å²) in [5, 5.41) is 0. The van der Waals surface area contributed by atoms with Crippen molar-refractivity contribution in [3.05, 3.63) is 63.9 Å². The van der Waals surface area contributed by atoms with Crippen molar-refractivity contribution in [1.29, 1.82) is 0 Å². The van der Waals surface area contributed by atoms with Gasteiger partial charge in [0.05, 0.1) is 11.6 Å². The van der Waals surface area contributed by atoms with E-state index in [9.17, 15) is 4.39 Å². The van der Waals surface area contributed by atoms with Crippen LogP contribution in [0.15, 0.2) is 46.9 Å². The van der Waals surface area contributed by atoms with Gasteiger partial charge in [-0.15, -0.1) is 0 Å². The van der Waals surface area contributed by atoms with E-state index >= 15 is 0 Å². The first-order valence-corrected chi connectivity index (χ1v) is 7.68. The van der Waals surface area contributed by atoms with Gasteiger partial charge >= 0.3 is 0 Å². The molecule has 1 atom stereocenters. The second kappa shape index (κ2) is 7.57. The third kappa shape index (κ3) is 4.55. The van der Waals surface area contributed by atoms with Crippen LogP contribution in [0.4, 0.5) is 4.39 Å². The molecular weight excluding hydrogens is 333 g/mol. The van der Waals surface area contributed by atoms with Crippen LogP contribution in [-0.2, 0) is 12.8 Å². The van der Waals surface area contributed by atoms with E-state index in [-0.39, 0.29) is 11.7 Å². The van der Waals surface area contributed by atoms with Crippen LogP contribution in [0.25, 0.3) is 0 Å². The smallest absolute Gasteiger partial charge is 0.133 e. The summed E-state index contributed by atoms with van der Waals surface area (Å²) in [5.74, 6) is 0.899. The molecule has 112 valence electrons. The third-order valence-electron chi connectivity index (χ3n) is 3.49. The Morgan fingerprint density at radius 3 is 2.43 bits per heavy atom. The van der Waals surface area contributed by atoms with Crippen LogP contribution in [0.3, 0.4) is 0 Å². The summed E-state index contributed by atoms with van der Waals surface area (Å²) < 4.78 is 19.4. The number of hydrogen-bond acceptors (Lipinski definition) is 2. The van der Waals surface area contributed by atoms with Crippen LogP contribution in [0.2, 0.25) is 0 Å². The zero-order chi connectivity index (χ0) is 15.2. The van der Waals surface area contributed by atoms with Crippen molar-refractivity contribution in [1.82, 2.24) is 0 Å². The molecule has 2 aromatic rings. The highest BCUT2D eigenvalue weighted by atomic mass is 79.9. The average Bonchev–Trinajstić information content (AvgIpc) is 2.47. The molecule has 0 heterocycles. The number of halogens is 2. The van der Waals surface area contributed by atoms with Crippen molar-refractivity contribution in [2.45, 2.75) is 12.8 Å².